The summed E-state index contributed by atoms with van der Waals surface area (Å²) in [5, 5.41) is 3.21. The minimum absolute atomic E-state index is 0.00576. The van der Waals surface area contributed by atoms with E-state index in [0.29, 0.717) is 12.6 Å². The molecule has 0 spiro atoms. The zero-order valence-corrected chi connectivity index (χ0v) is 17.4. The van der Waals surface area contributed by atoms with Crippen LogP contribution < -0.4 is 11.1 Å². The first-order chi connectivity index (χ1) is 14.0. The number of amides is 2. The van der Waals surface area contributed by atoms with Crippen molar-refractivity contribution in [3.8, 4) is 0 Å². The molecule has 2 aliphatic carbocycles. The second-order valence-corrected chi connectivity index (χ2v) is 9.09. The lowest BCUT2D eigenvalue weighted by molar-refractivity contribution is -0.137. The van der Waals surface area contributed by atoms with Crippen LogP contribution in [-0.2, 0) is 16.1 Å². The maximum Gasteiger partial charge on any atom is 0.243 e. The fourth-order valence-corrected chi connectivity index (χ4v) is 4.97. The number of hydrogen-bond acceptors (Lipinski definition) is 4. The quantitative estimate of drug-likeness (QED) is 0.769. The molecule has 2 unspecified atom stereocenters. The van der Waals surface area contributed by atoms with Gasteiger partial charge in [0.15, 0.2) is 0 Å². The lowest BCUT2D eigenvalue weighted by Crippen LogP contribution is -2.49. The van der Waals surface area contributed by atoms with Gasteiger partial charge in [0.2, 0.25) is 11.8 Å². The van der Waals surface area contributed by atoms with Crippen LogP contribution in [-0.4, -0.2) is 58.4 Å². The molecule has 2 saturated carbocycles. The fourth-order valence-electron chi connectivity index (χ4n) is 4.97. The fraction of sp³-hybridized carbons (Fsp3) is 0.652. The van der Waals surface area contributed by atoms with Crippen LogP contribution in [0.2, 0.25) is 0 Å². The Kier molecular flexibility index (Phi) is 6.20. The third-order valence-corrected chi connectivity index (χ3v) is 6.80. The van der Waals surface area contributed by atoms with Crippen LogP contribution in [0.25, 0.3) is 0 Å². The molecule has 3 aliphatic rings. The largest absolute Gasteiger partial charge is 0.352 e. The highest BCUT2D eigenvalue weighted by Crippen LogP contribution is 2.34. The zero-order valence-electron chi connectivity index (χ0n) is 17.4. The smallest absolute Gasteiger partial charge is 0.243 e. The Balaban J connectivity index is 1.42. The molecule has 3 N–H and O–H groups in total. The van der Waals surface area contributed by atoms with Crippen LogP contribution in [0.3, 0.4) is 0 Å². The van der Waals surface area contributed by atoms with Crippen molar-refractivity contribution < 1.29 is 9.59 Å². The Morgan fingerprint density at radius 1 is 1.07 bits per heavy atom. The van der Waals surface area contributed by atoms with Crippen LogP contribution in [0.1, 0.15) is 57.4 Å². The van der Waals surface area contributed by atoms with E-state index in [1.165, 1.54) is 18.4 Å². The molecule has 2 amide bonds. The first-order valence-electron chi connectivity index (χ1n) is 11.1. The maximum atomic E-state index is 13.1. The van der Waals surface area contributed by atoms with Crippen molar-refractivity contribution in [2.75, 3.05) is 6.54 Å². The minimum atomic E-state index is -0.356. The van der Waals surface area contributed by atoms with E-state index in [9.17, 15) is 9.59 Å². The number of rotatable bonds is 6. The van der Waals surface area contributed by atoms with E-state index in [1.807, 2.05) is 6.07 Å². The van der Waals surface area contributed by atoms with E-state index < -0.39 is 0 Å². The second kappa shape index (κ2) is 8.84. The van der Waals surface area contributed by atoms with Gasteiger partial charge in [0.25, 0.3) is 0 Å². The van der Waals surface area contributed by atoms with E-state index in [-0.39, 0.29) is 36.0 Å². The molecule has 1 aliphatic heterocycles. The topological polar surface area (TPSA) is 78.7 Å². The number of likely N-dealkylation sites (tertiary alicyclic amines) is 1. The molecule has 0 bridgehead atoms. The summed E-state index contributed by atoms with van der Waals surface area (Å²) >= 11 is 0. The molecular formula is C23H34N4O2. The van der Waals surface area contributed by atoms with Gasteiger partial charge in [0.05, 0.1) is 0 Å². The standard InChI is InChI=1S/C23H34N4O2/c1-16(28)26-15-21(27(20-11-12-20)14-17-5-3-2-4-6-17)13-22(26)23(29)25-19-9-7-18(24)8-10-19/h2-6,18-22H,7-15,24H2,1H3,(H,25,29). The van der Waals surface area contributed by atoms with Crippen LogP contribution in [0, 0.1) is 0 Å². The van der Waals surface area contributed by atoms with Gasteiger partial charge < -0.3 is 16.0 Å². The minimum Gasteiger partial charge on any atom is -0.352 e. The summed E-state index contributed by atoms with van der Waals surface area (Å²) in [5.74, 6) is 0.00686. The van der Waals surface area contributed by atoms with E-state index in [2.05, 4.69) is 34.5 Å². The van der Waals surface area contributed by atoms with Crippen LogP contribution in [0.5, 0.6) is 0 Å². The van der Waals surface area contributed by atoms with E-state index >= 15 is 0 Å². The molecule has 2 atom stereocenters. The van der Waals surface area contributed by atoms with Crippen molar-refractivity contribution in [3.05, 3.63) is 35.9 Å². The molecule has 6 nitrogen and oxygen atoms in total. The Bertz CT molecular complexity index is 713. The highest BCUT2D eigenvalue weighted by atomic mass is 16.2. The summed E-state index contributed by atoms with van der Waals surface area (Å²) < 4.78 is 0. The number of nitrogens with two attached hydrogens (primary N) is 1. The number of carbonyl (C=O) groups is 2. The molecule has 158 valence electrons. The predicted octanol–water partition coefficient (Wildman–Crippen LogP) is 2.03. The van der Waals surface area contributed by atoms with E-state index in [4.69, 9.17) is 5.73 Å². The highest BCUT2D eigenvalue weighted by molar-refractivity contribution is 5.87. The lowest BCUT2D eigenvalue weighted by Gasteiger charge is -2.29. The molecule has 4 rings (SSSR count). The van der Waals surface area contributed by atoms with Crippen molar-refractivity contribution in [2.24, 2.45) is 5.73 Å². The van der Waals surface area contributed by atoms with Gasteiger partial charge in [-0.25, -0.2) is 0 Å². The number of nitrogens with zero attached hydrogens (tertiary/aromatic N) is 2. The predicted molar refractivity (Wildman–Crippen MR) is 113 cm³/mol. The van der Waals surface area contributed by atoms with Gasteiger partial charge in [-0.1, -0.05) is 30.3 Å². The normalized spacial score (nSPS) is 29.8. The molecule has 6 heteroatoms. The summed E-state index contributed by atoms with van der Waals surface area (Å²) in [5.41, 5.74) is 7.28. The summed E-state index contributed by atoms with van der Waals surface area (Å²) in [6.45, 7) is 3.12. The van der Waals surface area contributed by atoms with Crippen molar-refractivity contribution in [3.63, 3.8) is 0 Å². The van der Waals surface area contributed by atoms with Crippen LogP contribution in [0.4, 0.5) is 0 Å². The maximum absolute atomic E-state index is 13.1. The molecule has 1 aromatic carbocycles. The molecule has 1 heterocycles. The lowest BCUT2D eigenvalue weighted by atomic mass is 9.91. The van der Waals surface area contributed by atoms with Gasteiger partial charge >= 0.3 is 0 Å². The van der Waals surface area contributed by atoms with Crippen LogP contribution >= 0.6 is 0 Å². The first-order valence-corrected chi connectivity index (χ1v) is 11.1. The van der Waals surface area contributed by atoms with Crippen LogP contribution in [0.15, 0.2) is 30.3 Å². The summed E-state index contributed by atoms with van der Waals surface area (Å²) in [6.07, 6.45) is 6.94. The molecule has 0 radical (unpaired) electrons. The van der Waals surface area contributed by atoms with Gasteiger partial charge in [-0.15, -0.1) is 0 Å². The van der Waals surface area contributed by atoms with Gasteiger partial charge in [0.1, 0.15) is 6.04 Å². The summed E-state index contributed by atoms with van der Waals surface area (Å²) in [7, 11) is 0. The Hall–Kier alpha value is -1.92. The monoisotopic (exact) mass is 398 g/mol. The molecule has 3 fully saturated rings. The number of benzene rings is 1. The number of nitrogens with one attached hydrogen (secondary N) is 1. The Morgan fingerprint density at radius 2 is 1.76 bits per heavy atom. The number of carbonyl (C=O) groups excluding carboxylic acids is 2. The van der Waals surface area contributed by atoms with E-state index in [0.717, 1.165) is 38.6 Å². The average Bonchev–Trinajstić information content (AvgIpc) is 3.45. The van der Waals surface area contributed by atoms with Gasteiger partial charge in [-0.2, -0.15) is 0 Å². The average molecular weight is 399 g/mol. The van der Waals surface area contributed by atoms with Gasteiger partial charge in [-0.05, 0) is 50.5 Å². The third kappa shape index (κ3) is 4.98. The summed E-state index contributed by atoms with van der Waals surface area (Å²) in [6, 6.07) is 11.4. The summed E-state index contributed by atoms with van der Waals surface area (Å²) in [4.78, 5) is 29.7. The SMILES string of the molecule is CC(=O)N1CC(N(Cc2ccccc2)C2CC2)CC1C(=O)NC1CCC(N)CC1. The van der Waals surface area contributed by atoms with Crippen molar-refractivity contribution in [1.82, 2.24) is 15.1 Å². The van der Waals surface area contributed by atoms with Crippen molar-refractivity contribution in [2.45, 2.75) is 88.6 Å². The van der Waals surface area contributed by atoms with E-state index in [1.54, 1.807) is 11.8 Å². The van der Waals surface area contributed by atoms with Gasteiger partial charge in [0, 0.05) is 44.2 Å². The second-order valence-electron chi connectivity index (χ2n) is 9.09. The number of hydrogen-bond donors (Lipinski definition) is 2. The van der Waals surface area contributed by atoms with Crippen molar-refractivity contribution in [1.29, 1.82) is 0 Å². The molecule has 1 aromatic rings. The first kappa shape index (κ1) is 20.4. The third-order valence-electron chi connectivity index (χ3n) is 6.80. The van der Waals surface area contributed by atoms with Crippen molar-refractivity contribution >= 4 is 11.8 Å². The molecular weight excluding hydrogens is 364 g/mol. The Morgan fingerprint density at radius 3 is 2.38 bits per heavy atom. The highest BCUT2D eigenvalue weighted by Gasteiger charge is 2.44. The molecule has 0 aromatic heterocycles. The molecule has 1 saturated heterocycles. The Labute approximate surface area is 173 Å². The van der Waals surface area contributed by atoms with Gasteiger partial charge in [-0.3, -0.25) is 14.5 Å². The zero-order chi connectivity index (χ0) is 20.4. The molecule has 29 heavy (non-hydrogen) atoms.